The summed E-state index contributed by atoms with van der Waals surface area (Å²) in [6, 6.07) is 10.1. The summed E-state index contributed by atoms with van der Waals surface area (Å²) >= 11 is 0. The van der Waals surface area contributed by atoms with E-state index >= 15 is 0 Å². The third kappa shape index (κ3) is 4.29. The van der Waals surface area contributed by atoms with Gasteiger partial charge in [-0.05, 0) is 57.8 Å². The van der Waals surface area contributed by atoms with Crippen LogP contribution in [-0.4, -0.2) is 43.0 Å². The number of piperidine rings is 1. The van der Waals surface area contributed by atoms with Crippen LogP contribution in [0.15, 0.2) is 30.3 Å². The van der Waals surface area contributed by atoms with Crippen LogP contribution in [0.2, 0.25) is 0 Å². The molecule has 1 aromatic rings. The maximum Gasteiger partial charge on any atom is 0.241 e. The molecule has 1 unspecified atom stereocenters. The average Bonchev–Trinajstić information content (AvgIpc) is 2.48. The Morgan fingerprint density at radius 3 is 2.71 bits per heavy atom. The lowest BCUT2D eigenvalue weighted by Gasteiger charge is -2.34. The molecule has 1 amide bonds. The second-order valence-electron chi connectivity index (χ2n) is 6.17. The van der Waals surface area contributed by atoms with Gasteiger partial charge in [-0.15, -0.1) is 0 Å². The Hall–Kier alpha value is -1.39. The van der Waals surface area contributed by atoms with Crippen molar-refractivity contribution in [1.82, 2.24) is 4.90 Å². The van der Waals surface area contributed by atoms with E-state index in [4.69, 9.17) is 5.73 Å². The Labute approximate surface area is 127 Å². The van der Waals surface area contributed by atoms with Crippen molar-refractivity contribution >= 4 is 11.6 Å². The molecular weight excluding hydrogens is 262 g/mol. The van der Waals surface area contributed by atoms with Gasteiger partial charge < -0.3 is 10.6 Å². The van der Waals surface area contributed by atoms with Gasteiger partial charge in [0, 0.05) is 18.3 Å². The fourth-order valence-corrected chi connectivity index (χ4v) is 3.07. The molecule has 1 fully saturated rings. The number of hydrogen-bond acceptors (Lipinski definition) is 3. The summed E-state index contributed by atoms with van der Waals surface area (Å²) < 4.78 is 0. The molecular formula is C17H27N3O. The quantitative estimate of drug-likeness (QED) is 0.903. The second kappa shape index (κ2) is 7.57. The van der Waals surface area contributed by atoms with E-state index in [2.05, 4.69) is 18.7 Å². The summed E-state index contributed by atoms with van der Waals surface area (Å²) in [5, 5.41) is 0. The van der Waals surface area contributed by atoms with Crippen LogP contribution in [-0.2, 0) is 4.79 Å². The molecule has 0 aliphatic carbocycles. The number of carbonyl (C=O) groups is 1. The van der Waals surface area contributed by atoms with Crippen molar-refractivity contribution in [2.75, 3.05) is 31.1 Å². The Bertz CT molecular complexity index is 447. The Kier molecular flexibility index (Phi) is 5.76. The lowest BCUT2D eigenvalue weighted by Crippen LogP contribution is -2.47. The molecule has 2 rings (SSSR count). The Morgan fingerprint density at radius 1 is 1.38 bits per heavy atom. The van der Waals surface area contributed by atoms with Crippen LogP contribution < -0.4 is 10.6 Å². The fourth-order valence-electron chi connectivity index (χ4n) is 3.07. The zero-order valence-corrected chi connectivity index (χ0v) is 13.2. The van der Waals surface area contributed by atoms with Crippen molar-refractivity contribution < 1.29 is 4.79 Å². The van der Waals surface area contributed by atoms with Gasteiger partial charge in [0.1, 0.15) is 0 Å². The molecule has 1 atom stereocenters. The molecule has 0 spiro atoms. The molecule has 0 radical (unpaired) electrons. The topological polar surface area (TPSA) is 49.6 Å². The molecule has 4 heteroatoms. The van der Waals surface area contributed by atoms with Crippen molar-refractivity contribution in [3.63, 3.8) is 0 Å². The maximum atomic E-state index is 12.7. The van der Waals surface area contributed by atoms with Gasteiger partial charge in [-0.1, -0.05) is 18.2 Å². The molecule has 116 valence electrons. The van der Waals surface area contributed by atoms with Crippen LogP contribution >= 0.6 is 0 Å². The smallest absolute Gasteiger partial charge is 0.241 e. The van der Waals surface area contributed by atoms with Gasteiger partial charge in [0.15, 0.2) is 0 Å². The predicted octanol–water partition coefficient (Wildman–Crippen LogP) is 2.10. The summed E-state index contributed by atoms with van der Waals surface area (Å²) in [5.41, 5.74) is 6.75. The van der Waals surface area contributed by atoms with E-state index in [9.17, 15) is 4.79 Å². The number of carbonyl (C=O) groups excluding carboxylic acids is 1. The van der Waals surface area contributed by atoms with Crippen molar-refractivity contribution in [1.29, 1.82) is 0 Å². The predicted molar refractivity (Wildman–Crippen MR) is 87.3 cm³/mol. The van der Waals surface area contributed by atoms with Crippen LogP contribution in [0.5, 0.6) is 0 Å². The van der Waals surface area contributed by atoms with Crippen molar-refractivity contribution in [3.05, 3.63) is 30.3 Å². The van der Waals surface area contributed by atoms with Gasteiger partial charge in [0.2, 0.25) is 5.91 Å². The number of nitrogens with two attached hydrogens (primary N) is 1. The summed E-state index contributed by atoms with van der Waals surface area (Å²) in [6.07, 6.45) is 2.33. The molecule has 0 bridgehead atoms. The summed E-state index contributed by atoms with van der Waals surface area (Å²) in [5.74, 6) is 0.713. The minimum atomic E-state index is 0.162. The minimum absolute atomic E-state index is 0.162. The molecule has 21 heavy (non-hydrogen) atoms. The van der Waals surface area contributed by atoms with Crippen molar-refractivity contribution in [2.24, 2.45) is 11.7 Å². The van der Waals surface area contributed by atoms with Crippen LogP contribution in [0.4, 0.5) is 5.69 Å². The highest BCUT2D eigenvalue weighted by molar-refractivity contribution is 5.95. The molecule has 0 saturated carbocycles. The molecule has 2 N–H and O–H groups in total. The van der Waals surface area contributed by atoms with E-state index in [0.717, 1.165) is 31.7 Å². The summed E-state index contributed by atoms with van der Waals surface area (Å²) in [4.78, 5) is 16.8. The van der Waals surface area contributed by atoms with Crippen LogP contribution in [0.25, 0.3) is 0 Å². The first-order chi connectivity index (χ1) is 10.1. The lowest BCUT2D eigenvalue weighted by molar-refractivity contribution is -0.120. The highest BCUT2D eigenvalue weighted by Crippen LogP contribution is 2.19. The molecule has 1 aromatic carbocycles. The van der Waals surface area contributed by atoms with Gasteiger partial charge in [0.05, 0.1) is 6.54 Å². The van der Waals surface area contributed by atoms with E-state index < -0.39 is 0 Å². The molecule has 1 heterocycles. The standard InChI is InChI=1S/C17H27N3O/c1-14(2)20(16-8-4-3-5-9-16)17(21)13-19-10-6-7-15(11-18)12-19/h3-5,8-9,14-15H,6-7,10-13,18H2,1-2H3. The molecule has 1 aliphatic rings. The van der Waals surface area contributed by atoms with E-state index in [1.54, 1.807) is 0 Å². The zero-order valence-electron chi connectivity index (χ0n) is 13.2. The van der Waals surface area contributed by atoms with Crippen LogP contribution in [0, 0.1) is 5.92 Å². The molecule has 0 aromatic heterocycles. The van der Waals surface area contributed by atoms with Crippen molar-refractivity contribution in [2.45, 2.75) is 32.7 Å². The van der Waals surface area contributed by atoms with E-state index in [-0.39, 0.29) is 11.9 Å². The van der Waals surface area contributed by atoms with Gasteiger partial charge in [-0.25, -0.2) is 0 Å². The van der Waals surface area contributed by atoms with Crippen molar-refractivity contribution in [3.8, 4) is 0 Å². The Balaban J connectivity index is 2.02. The number of hydrogen-bond donors (Lipinski definition) is 1. The number of likely N-dealkylation sites (tertiary alicyclic amines) is 1. The van der Waals surface area contributed by atoms with Gasteiger partial charge in [-0.3, -0.25) is 9.69 Å². The number of anilines is 1. The Morgan fingerprint density at radius 2 is 2.10 bits per heavy atom. The van der Waals surface area contributed by atoms with Gasteiger partial charge in [-0.2, -0.15) is 0 Å². The molecule has 1 aliphatic heterocycles. The first-order valence-corrected chi connectivity index (χ1v) is 7.91. The monoisotopic (exact) mass is 289 g/mol. The number of amides is 1. The molecule has 4 nitrogen and oxygen atoms in total. The van der Waals surface area contributed by atoms with Gasteiger partial charge in [0.25, 0.3) is 0 Å². The third-order valence-corrected chi connectivity index (χ3v) is 4.11. The number of para-hydroxylation sites is 1. The second-order valence-corrected chi connectivity index (χ2v) is 6.17. The fraction of sp³-hybridized carbons (Fsp3) is 0.588. The number of benzene rings is 1. The molecule has 1 saturated heterocycles. The van der Waals surface area contributed by atoms with E-state index in [1.165, 1.54) is 6.42 Å². The van der Waals surface area contributed by atoms with E-state index in [0.29, 0.717) is 12.5 Å². The summed E-state index contributed by atoms with van der Waals surface area (Å²) in [7, 11) is 0. The lowest BCUT2D eigenvalue weighted by atomic mass is 9.98. The average molecular weight is 289 g/mol. The van der Waals surface area contributed by atoms with Crippen LogP contribution in [0.3, 0.4) is 0 Å². The van der Waals surface area contributed by atoms with Crippen LogP contribution in [0.1, 0.15) is 26.7 Å². The normalized spacial score (nSPS) is 19.7. The summed E-state index contributed by atoms with van der Waals surface area (Å²) in [6.45, 7) is 7.28. The number of rotatable bonds is 5. The highest BCUT2D eigenvalue weighted by atomic mass is 16.2. The third-order valence-electron chi connectivity index (χ3n) is 4.11. The number of nitrogens with zero attached hydrogens (tertiary/aromatic N) is 2. The minimum Gasteiger partial charge on any atom is -0.330 e. The maximum absolute atomic E-state index is 12.7. The van der Waals surface area contributed by atoms with E-state index in [1.807, 2.05) is 35.2 Å². The van der Waals surface area contributed by atoms with Gasteiger partial charge >= 0.3 is 0 Å². The SMILES string of the molecule is CC(C)N(C(=O)CN1CCCC(CN)C1)c1ccccc1. The largest absolute Gasteiger partial charge is 0.330 e. The first kappa shape index (κ1) is 16.0. The highest BCUT2D eigenvalue weighted by Gasteiger charge is 2.24. The first-order valence-electron chi connectivity index (χ1n) is 7.91. The zero-order chi connectivity index (χ0) is 15.2.